The minimum Gasteiger partial charge on any atom is -0.462 e. The molecule has 0 N–H and O–H groups in total. The van der Waals surface area contributed by atoms with Crippen molar-refractivity contribution in [1.29, 1.82) is 0 Å². The lowest BCUT2D eigenvalue weighted by molar-refractivity contribution is -0.130. The molecule has 23 heavy (non-hydrogen) atoms. The van der Waals surface area contributed by atoms with E-state index in [9.17, 15) is 9.59 Å². The number of amides is 1. The third-order valence-electron chi connectivity index (χ3n) is 4.34. The lowest BCUT2D eigenvalue weighted by atomic mass is 10.0. The summed E-state index contributed by atoms with van der Waals surface area (Å²) < 4.78 is 10.8. The first kappa shape index (κ1) is 15.6. The molecule has 0 saturated heterocycles. The summed E-state index contributed by atoms with van der Waals surface area (Å²) in [6.45, 7) is 3.87. The highest BCUT2D eigenvalue weighted by molar-refractivity contribution is 6.04. The van der Waals surface area contributed by atoms with E-state index in [0.717, 1.165) is 17.4 Å². The van der Waals surface area contributed by atoms with Crippen LogP contribution < -0.4 is 0 Å². The number of hydrogen-bond acceptors (Lipinski definition) is 4. The Bertz CT molecular complexity index is 775. The van der Waals surface area contributed by atoms with Crippen molar-refractivity contribution >= 4 is 22.8 Å². The first-order valence-electron chi connectivity index (χ1n) is 7.85. The van der Waals surface area contributed by atoms with E-state index in [1.807, 2.05) is 18.2 Å². The third kappa shape index (κ3) is 2.71. The predicted octanol–water partition coefficient (Wildman–Crippen LogP) is 3.11. The highest BCUT2D eigenvalue weighted by Crippen LogP contribution is 2.49. The summed E-state index contributed by atoms with van der Waals surface area (Å²) in [5.74, 6) is 0.620. The number of furan rings is 1. The van der Waals surface area contributed by atoms with E-state index >= 15 is 0 Å². The second-order valence-electron chi connectivity index (χ2n) is 6.19. The van der Waals surface area contributed by atoms with Crippen LogP contribution in [0.15, 0.2) is 22.6 Å². The lowest BCUT2D eigenvalue weighted by Crippen LogP contribution is -2.23. The van der Waals surface area contributed by atoms with E-state index < -0.39 is 0 Å². The maximum absolute atomic E-state index is 12.2. The number of esters is 1. The van der Waals surface area contributed by atoms with Crippen molar-refractivity contribution in [1.82, 2.24) is 4.90 Å². The summed E-state index contributed by atoms with van der Waals surface area (Å²) in [5.41, 5.74) is 2.23. The zero-order valence-electron chi connectivity index (χ0n) is 13.9. The molecule has 1 amide bonds. The molecule has 122 valence electrons. The second kappa shape index (κ2) is 5.72. The number of rotatable bonds is 4. The van der Waals surface area contributed by atoms with Crippen LogP contribution in [-0.2, 0) is 9.53 Å². The zero-order chi connectivity index (χ0) is 16.7. The Kier molecular flexibility index (Phi) is 3.88. The summed E-state index contributed by atoms with van der Waals surface area (Å²) in [6.07, 6.45) is 0.855. The summed E-state index contributed by atoms with van der Waals surface area (Å²) in [4.78, 5) is 25.8. The minimum atomic E-state index is -0.363. The van der Waals surface area contributed by atoms with Crippen LogP contribution in [-0.4, -0.2) is 37.5 Å². The third-order valence-corrected chi connectivity index (χ3v) is 4.34. The van der Waals surface area contributed by atoms with Gasteiger partial charge in [0, 0.05) is 25.4 Å². The van der Waals surface area contributed by atoms with Gasteiger partial charge >= 0.3 is 5.97 Å². The molecule has 0 spiro atoms. The van der Waals surface area contributed by atoms with Gasteiger partial charge in [-0.1, -0.05) is 6.07 Å². The Labute approximate surface area is 135 Å². The number of carbonyl (C=O) groups excluding carboxylic acids is 2. The molecule has 1 aromatic heterocycles. The fourth-order valence-electron chi connectivity index (χ4n) is 3.09. The van der Waals surface area contributed by atoms with Crippen LogP contribution in [0.5, 0.6) is 0 Å². The summed E-state index contributed by atoms with van der Waals surface area (Å²) in [5, 5.41) is 0.765. The quantitative estimate of drug-likeness (QED) is 0.813. The molecule has 1 aliphatic carbocycles. The predicted molar refractivity (Wildman–Crippen MR) is 86.4 cm³/mol. The van der Waals surface area contributed by atoms with Gasteiger partial charge in [-0.05, 0) is 43.9 Å². The molecule has 1 aliphatic rings. The van der Waals surface area contributed by atoms with Gasteiger partial charge in [0.25, 0.3) is 0 Å². The number of carbonyl (C=O) groups is 2. The van der Waals surface area contributed by atoms with Crippen LogP contribution in [0.2, 0.25) is 0 Å². The Morgan fingerprint density at radius 1 is 1.35 bits per heavy atom. The van der Waals surface area contributed by atoms with Crippen molar-refractivity contribution in [3.63, 3.8) is 0 Å². The van der Waals surface area contributed by atoms with Gasteiger partial charge in [0.15, 0.2) is 0 Å². The molecular formula is C18H21NO4. The van der Waals surface area contributed by atoms with E-state index in [-0.39, 0.29) is 23.7 Å². The van der Waals surface area contributed by atoms with Crippen LogP contribution in [0, 0.1) is 12.8 Å². The number of ether oxygens (including phenoxy) is 1. The largest absolute Gasteiger partial charge is 0.462 e. The molecule has 1 saturated carbocycles. The van der Waals surface area contributed by atoms with Gasteiger partial charge in [0.1, 0.15) is 16.9 Å². The molecule has 2 atom stereocenters. The number of nitrogens with zero attached hydrogens (tertiary/aromatic N) is 1. The number of fused-ring (bicyclic) bond motifs is 1. The molecule has 5 heteroatoms. The molecule has 0 bridgehead atoms. The van der Waals surface area contributed by atoms with Gasteiger partial charge in [0.05, 0.1) is 6.61 Å². The summed E-state index contributed by atoms with van der Waals surface area (Å²) in [6, 6.07) is 5.81. The first-order valence-corrected chi connectivity index (χ1v) is 7.85. The smallest absolute Gasteiger partial charge is 0.342 e. The van der Waals surface area contributed by atoms with Crippen molar-refractivity contribution in [2.75, 3.05) is 20.7 Å². The average molecular weight is 315 g/mol. The van der Waals surface area contributed by atoms with Gasteiger partial charge in [-0.15, -0.1) is 0 Å². The highest BCUT2D eigenvalue weighted by Gasteiger charge is 2.44. The maximum Gasteiger partial charge on any atom is 0.342 e. The van der Waals surface area contributed by atoms with Gasteiger partial charge in [-0.2, -0.15) is 0 Å². The van der Waals surface area contributed by atoms with Crippen molar-refractivity contribution in [3.8, 4) is 0 Å². The molecule has 0 aliphatic heterocycles. The highest BCUT2D eigenvalue weighted by atomic mass is 16.5. The monoisotopic (exact) mass is 315 g/mol. The van der Waals surface area contributed by atoms with Crippen LogP contribution in [0.3, 0.4) is 0 Å². The van der Waals surface area contributed by atoms with E-state index in [1.165, 1.54) is 0 Å². The van der Waals surface area contributed by atoms with Crippen LogP contribution in [0.4, 0.5) is 0 Å². The van der Waals surface area contributed by atoms with Crippen LogP contribution in [0.1, 0.15) is 40.9 Å². The van der Waals surface area contributed by atoms with Crippen LogP contribution in [0.25, 0.3) is 11.0 Å². The van der Waals surface area contributed by atoms with Gasteiger partial charge in [-0.3, -0.25) is 4.79 Å². The minimum absolute atomic E-state index is 0.0430. The molecule has 1 heterocycles. The van der Waals surface area contributed by atoms with Gasteiger partial charge < -0.3 is 14.1 Å². The molecule has 1 fully saturated rings. The molecular weight excluding hydrogens is 294 g/mol. The van der Waals surface area contributed by atoms with E-state index in [1.54, 1.807) is 32.8 Å². The normalized spacial score (nSPS) is 19.7. The first-order chi connectivity index (χ1) is 10.9. The Morgan fingerprint density at radius 2 is 2.09 bits per heavy atom. The van der Waals surface area contributed by atoms with Gasteiger partial charge in [0.2, 0.25) is 5.91 Å². The molecule has 5 nitrogen and oxygen atoms in total. The molecule has 2 aromatic rings. The van der Waals surface area contributed by atoms with Crippen LogP contribution >= 0.6 is 0 Å². The van der Waals surface area contributed by atoms with Crippen molar-refractivity contribution in [3.05, 3.63) is 35.1 Å². The number of hydrogen-bond donors (Lipinski definition) is 0. The summed E-state index contributed by atoms with van der Waals surface area (Å²) >= 11 is 0. The fourth-order valence-corrected chi connectivity index (χ4v) is 3.09. The van der Waals surface area contributed by atoms with E-state index in [2.05, 4.69) is 0 Å². The van der Waals surface area contributed by atoms with Crippen molar-refractivity contribution in [2.24, 2.45) is 5.92 Å². The average Bonchev–Trinajstić information content (AvgIpc) is 3.22. The fraction of sp³-hybridized carbons (Fsp3) is 0.444. The second-order valence-corrected chi connectivity index (χ2v) is 6.19. The SMILES string of the molecule is CCOC(=O)c1c(C)oc2ccc(C3CC3C(=O)N(C)C)cc12. The van der Waals surface area contributed by atoms with Gasteiger partial charge in [-0.25, -0.2) is 4.79 Å². The maximum atomic E-state index is 12.2. The zero-order valence-corrected chi connectivity index (χ0v) is 13.9. The lowest BCUT2D eigenvalue weighted by Gasteiger charge is -2.09. The van der Waals surface area contributed by atoms with E-state index in [0.29, 0.717) is 23.5 Å². The topological polar surface area (TPSA) is 59.8 Å². The Morgan fingerprint density at radius 3 is 2.74 bits per heavy atom. The molecule has 0 radical (unpaired) electrons. The Balaban J connectivity index is 1.95. The molecule has 2 unspecified atom stereocenters. The standard InChI is InChI=1S/C18H21NO4/c1-5-22-18(21)16-10(2)23-15-7-6-11(8-14(15)16)12-9-13(12)17(20)19(3)4/h6-8,12-13H,5,9H2,1-4H3. The summed E-state index contributed by atoms with van der Waals surface area (Å²) in [7, 11) is 3.55. The molecule has 1 aromatic carbocycles. The number of benzene rings is 1. The van der Waals surface area contributed by atoms with E-state index in [4.69, 9.17) is 9.15 Å². The van der Waals surface area contributed by atoms with Crippen molar-refractivity contribution in [2.45, 2.75) is 26.2 Å². The molecule has 3 rings (SSSR count). The van der Waals surface area contributed by atoms with Crippen molar-refractivity contribution < 1.29 is 18.7 Å². The Hall–Kier alpha value is -2.30. The number of aryl methyl sites for hydroxylation is 1.